The van der Waals surface area contributed by atoms with Crippen LogP contribution < -0.4 is 0 Å². The molecule has 17 heavy (non-hydrogen) atoms. The number of aliphatic hydroxyl groups is 1. The molecule has 1 unspecified atom stereocenters. The van der Waals surface area contributed by atoms with Crippen LogP contribution in [0, 0.1) is 13.8 Å². The topological polar surface area (TPSA) is 33.1 Å². The summed E-state index contributed by atoms with van der Waals surface area (Å²) in [5.74, 6) is 0. The number of hydrogen-bond donors (Lipinski definition) is 1. The Balaban J connectivity index is 2.14. The van der Waals surface area contributed by atoms with Crippen LogP contribution in [0.1, 0.15) is 28.4 Å². The molecule has 0 spiro atoms. The van der Waals surface area contributed by atoms with Crippen molar-refractivity contribution in [3.05, 3.63) is 65.0 Å². The van der Waals surface area contributed by atoms with Gasteiger partial charge < -0.3 is 5.11 Å². The second kappa shape index (κ2) is 5.11. The minimum Gasteiger partial charge on any atom is -0.388 e. The molecule has 1 heterocycles. The first-order valence-corrected chi connectivity index (χ1v) is 5.81. The summed E-state index contributed by atoms with van der Waals surface area (Å²) in [5, 5.41) is 10.2. The Kier molecular flexibility index (Phi) is 3.55. The zero-order valence-corrected chi connectivity index (χ0v) is 10.2. The van der Waals surface area contributed by atoms with Crippen molar-refractivity contribution in [1.29, 1.82) is 0 Å². The lowest BCUT2D eigenvalue weighted by molar-refractivity contribution is 0.177. The minimum absolute atomic E-state index is 0.480. The molecule has 1 aromatic carbocycles. The molecule has 0 fully saturated rings. The van der Waals surface area contributed by atoms with Gasteiger partial charge in [0, 0.05) is 24.4 Å². The maximum atomic E-state index is 10.2. The van der Waals surface area contributed by atoms with E-state index >= 15 is 0 Å². The van der Waals surface area contributed by atoms with Gasteiger partial charge in [-0.25, -0.2) is 0 Å². The molecule has 2 aromatic rings. The summed E-state index contributed by atoms with van der Waals surface area (Å²) in [7, 11) is 0. The van der Waals surface area contributed by atoms with Gasteiger partial charge in [-0.2, -0.15) is 0 Å². The molecule has 0 radical (unpaired) electrons. The lowest BCUT2D eigenvalue weighted by Crippen LogP contribution is -2.04. The highest BCUT2D eigenvalue weighted by molar-refractivity contribution is 5.27. The minimum atomic E-state index is -0.480. The van der Waals surface area contributed by atoms with Gasteiger partial charge in [0.25, 0.3) is 0 Å². The highest BCUT2D eigenvalue weighted by Crippen LogP contribution is 2.20. The van der Waals surface area contributed by atoms with Crippen LogP contribution in [-0.2, 0) is 6.42 Å². The smallest absolute Gasteiger partial charge is 0.0847 e. The largest absolute Gasteiger partial charge is 0.388 e. The summed E-state index contributed by atoms with van der Waals surface area (Å²) in [4.78, 5) is 4.06. The normalized spacial score (nSPS) is 12.4. The first-order valence-electron chi connectivity index (χ1n) is 5.81. The standard InChI is InChI=1S/C15H17NO/c1-11-3-5-13(6-4-11)9-15(17)14-10-16-8-7-12(14)2/h3-8,10,15,17H,9H2,1-2H3. The van der Waals surface area contributed by atoms with Crippen molar-refractivity contribution in [3.63, 3.8) is 0 Å². The quantitative estimate of drug-likeness (QED) is 0.874. The molecule has 0 saturated heterocycles. The van der Waals surface area contributed by atoms with Gasteiger partial charge in [0.1, 0.15) is 0 Å². The molecule has 88 valence electrons. The summed E-state index contributed by atoms with van der Waals surface area (Å²) in [6, 6.07) is 10.2. The van der Waals surface area contributed by atoms with Gasteiger partial charge in [0.15, 0.2) is 0 Å². The van der Waals surface area contributed by atoms with Gasteiger partial charge in [-0.05, 0) is 31.0 Å². The van der Waals surface area contributed by atoms with Crippen LogP contribution in [0.3, 0.4) is 0 Å². The van der Waals surface area contributed by atoms with Crippen molar-refractivity contribution in [2.24, 2.45) is 0 Å². The molecule has 0 aliphatic heterocycles. The zero-order chi connectivity index (χ0) is 12.3. The fourth-order valence-corrected chi connectivity index (χ4v) is 1.88. The Labute approximate surface area is 102 Å². The van der Waals surface area contributed by atoms with Crippen LogP contribution in [0.4, 0.5) is 0 Å². The number of aliphatic hydroxyl groups excluding tert-OH is 1. The Hall–Kier alpha value is -1.67. The molecular formula is C15H17NO. The van der Waals surface area contributed by atoms with Crippen LogP contribution in [0.2, 0.25) is 0 Å². The first kappa shape index (κ1) is 11.8. The van der Waals surface area contributed by atoms with Crippen molar-refractivity contribution in [1.82, 2.24) is 4.98 Å². The molecule has 2 heteroatoms. The van der Waals surface area contributed by atoms with Gasteiger partial charge in [-0.1, -0.05) is 29.8 Å². The number of benzene rings is 1. The van der Waals surface area contributed by atoms with Crippen molar-refractivity contribution < 1.29 is 5.11 Å². The molecule has 0 bridgehead atoms. The van der Waals surface area contributed by atoms with E-state index in [9.17, 15) is 5.11 Å². The van der Waals surface area contributed by atoms with Crippen LogP contribution in [-0.4, -0.2) is 10.1 Å². The summed E-state index contributed by atoms with van der Waals surface area (Å²) in [6.07, 6.45) is 3.64. The van der Waals surface area contributed by atoms with E-state index in [4.69, 9.17) is 0 Å². The van der Waals surface area contributed by atoms with E-state index in [1.165, 1.54) is 5.56 Å². The third kappa shape index (κ3) is 2.92. The van der Waals surface area contributed by atoms with E-state index in [-0.39, 0.29) is 0 Å². The number of nitrogens with zero attached hydrogens (tertiary/aromatic N) is 1. The van der Waals surface area contributed by atoms with E-state index in [2.05, 4.69) is 36.2 Å². The number of pyridine rings is 1. The van der Waals surface area contributed by atoms with E-state index in [0.29, 0.717) is 6.42 Å². The average molecular weight is 227 g/mol. The Morgan fingerprint density at radius 1 is 1.12 bits per heavy atom. The van der Waals surface area contributed by atoms with Crippen LogP contribution in [0.15, 0.2) is 42.7 Å². The van der Waals surface area contributed by atoms with Crippen molar-refractivity contribution in [2.75, 3.05) is 0 Å². The van der Waals surface area contributed by atoms with E-state index in [0.717, 1.165) is 16.7 Å². The lowest BCUT2D eigenvalue weighted by atomic mass is 9.99. The first-order chi connectivity index (χ1) is 8.16. The molecule has 0 amide bonds. The fraction of sp³-hybridized carbons (Fsp3) is 0.267. The maximum absolute atomic E-state index is 10.2. The van der Waals surface area contributed by atoms with Crippen LogP contribution in [0.5, 0.6) is 0 Å². The third-order valence-corrected chi connectivity index (χ3v) is 2.99. The molecular weight excluding hydrogens is 210 g/mol. The second-order valence-electron chi connectivity index (χ2n) is 4.44. The Morgan fingerprint density at radius 3 is 2.47 bits per heavy atom. The van der Waals surface area contributed by atoms with Gasteiger partial charge >= 0.3 is 0 Å². The molecule has 1 aromatic heterocycles. The monoisotopic (exact) mass is 227 g/mol. The van der Waals surface area contributed by atoms with Crippen LogP contribution in [0.25, 0.3) is 0 Å². The van der Waals surface area contributed by atoms with E-state index in [1.54, 1.807) is 12.4 Å². The Morgan fingerprint density at radius 2 is 1.82 bits per heavy atom. The van der Waals surface area contributed by atoms with Crippen molar-refractivity contribution in [2.45, 2.75) is 26.4 Å². The van der Waals surface area contributed by atoms with Gasteiger partial charge in [-0.15, -0.1) is 0 Å². The number of aryl methyl sites for hydroxylation is 2. The lowest BCUT2D eigenvalue weighted by Gasteiger charge is -2.13. The molecule has 1 N–H and O–H groups in total. The Bertz CT molecular complexity index is 491. The molecule has 2 rings (SSSR count). The number of hydrogen-bond acceptors (Lipinski definition) is 2. The highest BCUT2D eigenvalue weighted by Gasteiger charge is 2.10. The van der Waals surface area contributed by atoms with Gasteiger partial charge in [0.2, 0.25) is 0 Å². The predicted molar refractivity (Wildman–Crippen MR) is 68.8 cm³/mol. The maximum Gasteiger partial charge on any atom is 0.0847 e. The second-order valence-corrected chi connectivity index (χ2v) is 4.44. The molecule has 0 saturated carbocycles. The van der Waals surface area contributed by atoms with Gasteiger partial charge in [-0.3, -0.25) is 4.98 Å². The van der Waals surface area contributed by atoms with E-state index in [1.807, 2.05) is 13.0 Å². The summed E-state index contributed by atoms with van der Waals surface area (Å²) in [5.41, 5.74) is 4.37. The average Bonchev–Trinajstić information content (AvgIpc) is 2.32. The molecule has 1 atom stereocenters. The fourth-order valence-electron chi connectivity index (χ4n) is 1.88. The zero-order valence-electron chi connectivity index (χ0n) is 10.2. The SMILES string of the molecule is Cc1ccc(CC(O)c2cnccc2C)cc1. The summed E-state index contributed by atoms with van der Waals surface area (Å²) in [6.45, 7) is 4.06. The van der Waals surface area contributed by atoms with Crippen molar-refractivity contribution >= 4 is 0 Å². The van der Waals surface area contributed by atoms with Gasteiger partial charge in [0.05, 0.1) is 6.10 Å². The van der Waals surface area contributed by atoms with Crippen molar-refractivity contribution in [3.8, 4) is 0 Å². The summed E-state index contributed by atoms with van der Waals surface area (Å²) < 4.78 is 0. The third-order valence-electron chi connectivity index (χ3n) is 2.99. The molecule has 2 nitrogen and oxygen atoms in total. The number of aromatic nitrogens is 1. The van der Waals surface area contributed by atoms with E-state index < -0.39 is 6.10 Å². The highest BCUT2D eigenvalue weighted by atomic mass is 16.3. The number of rotatable bonds is 3. The molecule has 0 aliphatic carbocycles. The molecule has 0 aliphatic rings. The summed E-state index contributed by atoms with van der Waals surface area (Å²) >= 11 is 0. The predicted octanol–water partition coefficient (Wildman–Crippen LogP) is 2.97. The van der Waals surface area contributed by atoms with Crippen LogP contribution >= 0.6 is 0 Å².